The molecule has 12 heavy (non-hydrogen) atoms. The molecule has 0 saturated carbocycles. The molecule has 0 spiro atoms. The molecule has 0 atom stereocenters. The minimum absolute atomic E-state index is 0.360. The molecular weight excluding hydrogens is 156 g/mol. The first kappa shape index (κ1) is 8.64. The van der Waals surface area contributed by atoms with Crippen molar-refractivity contribution < 1.29 is 4.74 Å². The van der Waals surface area contributed by atoms with Crippen molar-refractivity contribution in [3.05, 3.63) is 22.7 Å². The maximum absolute atomic E-state index is 10.2. The third-order valence-corrected chi connectivity index (χ3v) is 1.42. The van der Waals surface area contributed by atoms with E-state index in [4.69, 9.17) is 4.74 Å². The summed E-state index contributed by atoms with van der Waals surface area (Å²) in [6, 6.07) is 3.23. The second kappa shape index (κ2) is 3.80. The lowest BCUT2D eigenvalue weighted by molar-refractivity contribution is 0.326. The number of nitroso groups, excluding NO2 is 1. The molecule has 0 saturated heterocycles. The van der Waals surface area contributed by atoms with E-state index in [1.165, 1.54) is 0 Å². The second-order valence-electron chi connectivity index (χ2n) is 2.28. The van der Waals surface area contributed by atoms with Crippen molar-refractivity contribution in [2.45, 2.75) is 13.8 Å². The third-order valence-electron chi connectivity index (χ3n) is 1.42. The molecule has 4 nitrogen and oxygen atoms in total. The Kier molecular flexibility index (Phi) is 2.74. The van der Waals surface area contributed by atoms with E-state index in [9.17, 15) is 4.91 Å². The van der Waals surface area contributed by atoms with Gasteiger partial charge in [-0.15, -0.1) is 4.91 Å². The molecular formula is C8H10N2O2. The van der Waals surface area contributed by atoms with E-state index in [1.54, 1.807) is 19.1 Å². The fraction of sp³-hybridized carbons (Fsp3) is 0.375. The van der Waals surface area contributed by atoms with Gasteiger partial charge in [0.1, 0.15) is 5.69 Å². The van der Waals surface area contributed by atoms with Gasteiger partial charge in [0.25, 0.3) is 0 Å². The molecule has 0 N–H and O–H groups in total. The second-order valence-corrected chi connectivity index (χ2v) is 2.28. The van der Waals surface area contributed by atoms with Crippen LogP contribution in [0.4, 0.5) is 5.69 Å². The van der Waals surface area contributed by atoms with Gasteiger partial charge in [-0.1, -0.05) is 0 Å². The number of rotatable bonds is 3. The van der Waals surface area contributed by atoms with Crippen LogP contribution in [-0.4, -0.2) is 11.6 Å². The summed E-state index contributed by atoms with van der Waals surface area (Å²) in [4.78, 5) is 14.2. The molecule has 0 fully saturated rings. The van der Waals surface area contributed by atoms with Gasteiger partial charge in [0.05, 0.1) is 12.3 Å². The highest BCUT2D eigenvalue weighted by atomic mass is 16.5. The standard InChI is InChI=1S/C8H10N2O2/c1-3-12-8-5-4-7(10-11)6(2)9-8/h4-5H,3H2,1-2H3. The first-order chi connectivity index (χ1) is 5.77. The Hall–Kier alpha value is -1.45. The number of pyridine rings is 1. The maximum atomic E-state index is 10.2. The number of aryl methyl sites for hydroxylation is 1. The van der Waals surface area contributed by atoms with Gasteiger partial charge in [-0.05, 0) is 25.1 Å². The number of hydrogen-bond acceptors (Lipinski definition) is 4. The van der Waals surface area contributed by atoms with Gasteiger partial charge in [-0.2, -0.15) is 0 Å². The van der Waals surface area contributed by atoms with Crippen LogP contribution in [0.15, 0.2) is 17.3 Å². The van der Waals surface area contributed by atoms with Gasteiger partial charge in [0, 0.05) is 6.07 Å². The first-order valence-electron chi connectivity index (χ1n) is 3.71. The Bertz CT molecular complexity index is 286. The minimum atomic E-state index is 0.360. The van der Waals surface area contributed by atoms with E-state index in [-0.39, 0.29) is 0 Å². The summed E-state index contributed by atoms with van der Waals surface area (Å²) in [6.45, 7) is 4.17. The average Bonchev–Trinajstić information content (AvgIpc) is 2.05. The Morgan fingerprint density at radius 3 is 2.83 bits per heavy atom. The summed E-state index contributed by atoms with van der Waals surface area (Å²) in [6.07, 6.45) is 0. The zero-order valence-electron chi connectivity index (χ0n) is 7.07. The van der Waals surface area contributed by atoms with Crippen molar-refractivity contribution >= 4 is 5.69 Å². The minimum Gasteiger partial charge on any atom is -0.478 e. The van der Waals surface area contributed by atoms with Gasteiger partial charge in [-0.3, -0.25) is 0 Å². The van der Waals surface area contributed by atoms with Crippen molar-refractivity contribution in [1.29, 1.82) is 0 Å². The lowest BCUT2D eigenvalue weighted by Crippen LogP contribution is -1.94. The van der Waals surface area contributed by atoms with Crippen LogP contribution in [-0.2, 0) is 0 Å². The molecule has 1 rings (SSSR count). The summed E-state index contributed by atoms with van der Waals surface area (Å²) in [5.41, 5.74) is 0.953. The summed E-state index contributed by atoms with van der Waals surface area (Å²) in [7, 11) is 0. The molecule has 0 aromatic carbocycles. The average molecular weight is 166 g/mol. The largest absolute Gasteiger partial charge is 0.478 e. The van der Waals surface area contributed by atoms with Crippen molar-refractivity contribution in [3.63, 3.8) is 0 Å². The monoisotopic (exact) mass is 166 g/mol. The summed E-state index contributed by atoms with van der Waals surface area (Å²) >= 11 is 0. The van der Waals surface area contributed by atoms with Gasteiger partial charge in [0.15, 0.2) is 0 Å². The van der Waals surface area contributed by atoms with Crippen LogP contribution in [0.5, 0.6) is 5.88 Å². The smallest absolute Gasteiger partial charge is 0.213 e. The van der Waals surface area contributed by atoms with Crippen LogP contribution in [0, 0.1) is 11.8 Å². The Labute approximate surface area is 70.6 Å². The highest BCUT2D eigenvalue weighted by Crippen LogP contribution is 2.19. The molecule has 0 aliphatic heterocycles. The molecule has 1 heterocycles. The molecule has 4 heteroatoms. The van der Waals surface area contributed by atoms with Crippen LogP contribution >= 0.6 is 0 Å². The predicted octanol–water partition coefficient (Wildman–Crippen LogP) is 2.19. The van der Waals surface area contributed by atoms with Crippen molar-refractivity contribution in [2.24, 2.45) is 5.18 Å². The van der Waals surface area contributed by atoms with Crippen LogP contribution in [0.3, 0.4) is 0 Å². The molecule has 0 amide bonds. The molecule has 0 unspecified atom stereocenters. The van der Waals surface area contributed by atoms with Gasteiger partial charge < -0.3 is 4.74 Å². The van der Waals surface area contributed by atoms with Crippen LogP contribution in [0.25, 0.3) is 0 Å². The van der Waals surface area contributed by atoms with Gasteiger partial charge in [-0.25, -0.2) is 4.98 Å². The molecule has 0 aliphatic rings. The Balaban J connectivity index is 2.93. The molecule has 0 bridgehead atoms. The van der Waals surface area contributed by atoms with E-state index in [2.05, 4.69) is 10.2 Å². The van der Waals surface area contributed by atoms with E-state index in [0.717, 1.165) is 0 Å². The number of aromatic nitrogens is 1. The lowest BCUT2D eigenvalue weighted by Gasteiger charge is -2.02. The summed E-state index contributed by atoms with van der Waals surface area (Å²) in [5.74, 6) is 0.530. The summed E-state index contributed by atoms with van der Waals surface area (Å²) in [5, 5.41) is 2.80. The Morgan fingerprint density at radius 1 is 1.58 bits per heavy atom. The van der Waals surface area contributed by atoms with Crippen LogP contribution in [0.2, 0.25) is 0 Å². The number of nitrogens with zero attached hydrogens (tertiary/aromatic N) is 2. The third kappa shape index (κ3) is 1.78. The van der Waals surface area contributed by atoms with Crippen molar-refractivity contribution in [2.75, 3.05) is 6.61 Å². The molecule has 0 aliphatic carbocycles. The normalized spacial score (nSPS) is 9.50. The zero-order valence-corrected chi connectivity index (χ0v) is 7.07. The number of hydrogen-bond donors (Lipinski definition) is 0. The quantitative estimate of drug-likeness (QED) is 0.646. The van der Waals surface area contributed by atoms with Gasteiger partial charge in [0.2, 0.25) is 5.88 Å². The predicted molar refractivity (Wildman–Crippen MR) is 45.6 cm³/mol. The number of ether oxygens (including phenoxy) is 1. The summed E-state index contributed by atoms with van der Waals surface area (Å²) < 4.78 is 5.13. The molecule has 0 radical (unpaired) electrons. The lowest BCUT2D eigenvalue weighted by atomic mass is 10.3. The maximum Gasteiger partial charge on any atom is 0.213 e. The molecule has 1 aromatic heterocycles. The SMILES string of the molecule is CCOc1ccc(N=O)c(C)n1. The zero-order chi connectivity index (χ0) is 8.97. The Morgan fingerprint density at radius 2 is 2.33 bits per heavy atom. The molecule has 64 valence electrons. The van der Waals surface area contributed by atoms with Crippen molar-refractivity contribution in [1.82, 2.24) is 4.98 Å². The first-order valence-corrected chi connectivity index (χ1v) is 3.71. The van der Waals surface area contributed by atoms with E-state index in [0.29, 0.717) is 23.9 Å². The van der Waals surface area contributed by atoms with E-state index < -0.39 is 0 Å². The highest BCUT2D eigenvalue weighted by Gasteiger charge is 2.00. The molecule has 1 aromatic rings. The van der Waals surface area contributed by atoms with Crippen LogP contribution < -0.4 is 4.74 Å². The van der Waals surface area contributed by atoms with Crippen LogP contribution in [0.1, 0.15) is 12.6 Å². The fourth-order valence-electron chi connectivity index (χ4n) is 0.855. The highest BCUT2D eigenvalue weighted by molar-refractivity contribution is 5.42. The fourth-order valence-corrected chi connectivity index (χ4v) is 0.855. The topological polar surface area (TPSA) is 51.5 Å². The van der Waals surface area contributed by atoms with Gasteiger partial charge >= 0.3 is 0 Å². The van der Waals surface area contributed by atoms with Crippen molar-refractivity contribution in [3.8, 4) is 5.88 Å². The van der Waals surface area contributed by atoms with E-state index in [1.807, 2.05) is 6.92 Å². The van der Waals surface area contributed by atoms with E-state index >= 15 is 0 Å².